The smallest absolute Gasteiger partial charge is 0.304 e. The van der Waals surface area contributed by atoms with Gasteiger partial charge in [0, 0.05) is 18.1 Å². The molecule has 2 N–H and O–H groups in total. The summed E-state index contributed by atoms with van der Waals surface area (Å²) in [6.07, 6.45) is 3.60. The number of carboxylic acid groups (broad SMARTS) is 1. The highest BCUT2D eigenvalue weighted by atomic mass is 16.4. The summed E-state index contributed by atoms with van der Waals surface area (Å²) in [4.78, 5) is 13.3. The molecule has 0 aromatic rings. The number of hydrogen-bond acceptors (Lipinski definition) is 3. The van der Waals surface area contributed by atoms with Gasteiger partial charge < -0.3 is 10.4 Å². The van der Waals surface area contributed by atoms with Crippen LogP contribution in [0.25, 0.3) is 0 Å². The van der Waals surface area contributed by atoms with Gasteiger partial charge in [-0.1, -0.05) is 13.3 Å². The van der Waals surface area contributed by atoms with Crippen molar-refractivity contribution in [1.29, 1.82) is 0 Å². The van der Waals surface area contributed by atoms with Gasteiger partial charge in [0.05, 0.1) is 6.42 Å². The van der Waals surface area contributed by atoms with Gasteiger partial charge in [-0.2, -0.15) is 0 Å². The van der Waals surface area contributed by atoms with Crippen molar-refractivity contribution in [2.75, 3.05) is 19.6 Å². The van der Waals surface area contributed by atoms with E-state index in [1.54, 1.807) is 0 Å². The molecule has 1 fully saturated rings. The first-order valence-corrected chi connectivity index (χ1v) is 6.66. The van der Waals surface area contributed by atoms with Crippen LogP contribution in [0.4, 0.5) is 0 Å². The average molecular weight is 242 g/mol. The minimum atomic E-state index is -0.698. The summed E-state index contributed by atoms with van der Waals surface area (Å²) in [5.74, 6) is -0.698. The molecule has 0 radical (unpaired) electrons. The number of rotatable bonds is 5. The molecule has 1 aliphatic rings. The molecule has 100 valence electrons. The second-order valence-electron chi connectivity index (χ2n) is 5.57. The Kier molecular flexibility index (Phi) is 5.40. The number of nitrogens with one attached hydrogen (secondary N) is 1. The predicted molar refractivity (Wildman–Crippen MR) is 69.2 cm³/mol. The van der Waals surface area contributed by atoms with Crippen molar-refractivity contribution in [3.63, 3.8) is 0 Å². The maximum Gasteiger partial charge on any atom is 0.304 e. The predicted octanol–water partition coefficient (Wildman–Crippen LogP) is 1.70. The number of aliphatic carboxylic acids is 1. The van der Waals surface area contributed by atoms with E-state index in [9.17, 15) is 4.79 Å². The van der Waals surface area contributed by atoms with Crippen LogP contribution in [-0.4, -0.2) is 47.2 Å². The lowest BCUT2D eigenvalue weighted by Gasteiger charge is -2.41. The zero-order chi connectivity index (χ0) is 12.9. The first kappa shape index (κ1) is 14.5. The minimum Gasteiger partial charge on any atom is -0.481 e. The lowest BCUT2D eigenvalue weighted by Crippen LogP contribution is -2.51. The van der Waals surface area contributed by atoms with E-state index in [1.165, 1.54) is 0 Å². The van der Waals surface area contributed by atoms with Crippen LogP contribution in [0.15, 0.2) is 0 Å². The van der Waals surface area contributed by atoms with Crippen molar-refractivity contribution in [1.82, 2.24) is 10.2 Å². The van der Waals surface area contributed by atoms with Crippen LogP contribution < -0.4 is 5.32 Å². The highest BCUT2D eigenvalue weighted by Crippen LogP contribution is 2.25. The summed E-state index contributed by atoms with van der Waals surface area (Å²) < 4.78 is 0. The second-order valence-corrected chi connectivity index (χ2v) is 5.57. The van der Waals surface area contributed by atoms with E-state index in [0.29, 0.717) is 0 Å². The van der Waals surface area contributed by atoms with E-state index in [1.807, 2.05) is 0 Å². The van der Waals surface area contributed by atoms with Gasteiger partial charge >= 0.3 is 5.97 Å². The summed E-state index contributed by atoms with van der Waals surface area (Å²) in [5, 5.41) is 12.4. The molecule has 0 spiro atoms. The normalized spacial score (nSPS) is 25.5. The molecule has 0 aromatic heterocycles. The topological polar surface area (TPSA) is 52.6 Å². The quantitative estimate of drug-likeness (QED) is 0.770. The number of hydrogen-bond donors (Lipinski definition) is 2. The minimum absolute atomic E-state index is 0.0960. The van der Waals surface area contributed by atoms with E-state index in [2.05, 4.69) is 31.0 Å². The largest absolute Gasteiger partial charge is 0.481 e. The molecule has 17 heavy (non-hydrogen) atoms. The highest BCUT2D eigenvalue weighted by Gasteiger charge is 2.34. The molecule has 0 bridgehead atoms. The zero-order valence-electron chi connectivity index (χ0n) is 11.3. The SMILES string of the molecule is CCCCN1C(CC(=O)O)CNCCC1(C)C. The van der Waals surface area contributed by atoms with Gasteiger partial charge in [0.2, 0.25) is 0 Å². The van der Waals surface area contributed by atoms with Gasteiger partial charge in [-0.3, -0.25) is 9.69 Å². The van der Waals surface area contributed by atoms with Crippen LogP contribution in [0.1, 0.15) is 46.5 Å². The lowest BCUT2D eigenvalue weighted by atomic mass is 9.95. The Morgan fingerprint density at radius 2 is 2.24 bits per heavy atom. The van der Waals surface area contributed by atoms with Gasteiger partial charge in [0.1, 0.15) is 0 Å². The molecule has 1 atom stereocenters. The molecule has 1 rings (SSSR count). The summed E-state index contributed by atoms with van der Waals surface area (Å²) in [7, 11) is 0. The number of nitrogens with zero attached hydrogens (tertiary/aromatic N) is 1. The molecule has 0 aliphatic carbocycles. The molecule has 1 unspecified atom stereocenters. The van der Waals surface area contributed by atoms with Crippen molar-refractivity contribution in [3.05, 3.63) is 0 Å². The van der Waals surface area contributed by atoms with Gasteiger partial charge in [0.25, 0.3) is 0 Å². The van der Waals surface area contributed by atoms with Crippen LogP contribution in [-0.2, 0) is 4.79 Å². The first-order valence-electron chi connectivity index (χ1n) is 6.66. The van der Waals surface area contributed by atoms with Gasteiger partial charge in [-0.25, -0.2) is 0 Å². The van der Waals surface area contributed by atoms with Gasteiger partial charge in [0.15, 0.2) is 0 Å². The third-order valence-electron chi connectivity index (χ3n) is 3.67. The van der Waals surface area contributed by atoms with Crippen LogP contribution in [0.5, 0.6) is 0 Å². The average Bonchev–Trinajstić information content (AvgIpc) is 2.35. The Morgan fingerprint density at radius 3 is 2.82 bits per heavy atom. The van der Waals surface area contributed by atoms with Crippen LogP contribution in [0.3, 0.4) is 0 Å². The fourth-order valence-electron chi connectivity index (χ4n) is 2.61. The maximum atomic E-state index is 11.0. The Morgan fingerprint density at radius 1 is 1.53 bits per heavy atom. The molecule has 4 heteroatoms. The van der Waals surface area contributed by atoms with Crippen LogP contribution in [0, 0.1) is 0 Å². The monoisotopic (exact) mass is 242 g/mol. The Bertz CT molecular complexity index is 254. The standard InChI is InChI=1S/C13H26N2O2/c1-4-5-8-15-11(9-12(16)17)10-14-7-6-13(15,2)3/h11,14H,4-10H2,1-3H3,(H,16,17). The molecule has 1 saturated heterocycles. The molecule has 1 aliphatic heterocycles. The fourth-order valence-corrected chi connectivity index (χ4v) is 2.61. The van der Waals surface area contributed by atoms with Crippen molar-refractivity contribution in [3.8, 4) is 0 Å². The van der Waals surface area contributed by atoms with Crippen molar-refractivity contribution in [2.45, 2.75) is 58.0 Å². The molecule has 0 aromatic carbocycles. The number of carboxylic acids is 1. The molecule has 4 nitrogen and oxygen atoms in total. The van der Waals surface area contributed by atoms with Crippen LogP contribution in [0.2, 0.25) is 0 Å². The van der Waals surface area contributed by atoms with Crippen LogP contribution >= 0.6 is 0 Å². The molecule has 0 saturated carbocycles. The Hall–Kier alpha value is -0.610. The Labute approximate surface area is 104 Å². The summed E-state index contributed by atoms with van der Waals surface area (Å²) >= 11 is 0. The first-order chi connectivity index (χ1) is 7.97. The van der Waals surface area contributed by atoms with Gasteiger partial charge in [-0.15, -0.1) is 0 Å². The fraction of sp³-hybridized carbons (Fsp3) is 0.923. The second kappa shape index (κ2) is 6.36. The van der Waals surface area contributed by atoms with Crippen molar-refractivity contribution in [2.24, 2.45) is 0 Å². The lowest BCUT2D eigenvalue weighted by molar-refractivity contribution is -0.138. The third-order valence-corrected chi connectivity index (χ3v) is 3.67. The summed E-state index contributed by atoms with van der Waals surface area (Å²) in [6, 6.07) is 0.122. The molecule has 1 heterocycles. The summed E-state index contributed by atoms with van der Waals surface area (Å²) in [6.45, 7) is 9.40. The van der Waals surface area contributed by atoms with E-state index < -0.39 is 5.97 Å². The zero-order valence-corrected chi connectivity index (χ0v) is 11.3. The number of carbonyl (C=O) groups is 1. The molecular weight excluding hydrogens is 216 g/mol. The maximum absolute atomic E-state index is 11.0. The van der Waals surface area contributed by atoms with Gasteiger partial charge in [-0.05, 0) is 39.8 Å². The Balaban J connectivity index is 2.76. The van der Waals surface area contributed by atoms with Crippen molar-refractivity contribution >= 4 is 5.97 Å². The molecule has 0 amide bonds. The highest BCUT2D eigenvalue weighted by molar-refractivity contribution is 5.67. The third kappa shape index (κ3) is 4.28. The van der Waals surface area contributed by atoms with E-state index in [-0.39, 0.29) is 18.0 Å². The summed E-state index contributed by atoms with van der Waals surface area (Å²) in [5.41, 5.74) is 0.0960. The van der Waals surface area contributed by atoms with Crippen molar-refractivity contribution < 1.29 is 9.90 Å². The van der Waals surface area contributed by atoms with E-state index in [0.717, 1.165) is 38.9 Å². The number of unbranched alkanes of at least 4 members (excludes halogenated alkanes) is 1. The van der Waals surface area contributed by atoms with E-state index >= 15 is 0 Å². The molecular formula is C13H26N2O2. The van der Waals surface area contributed by atoms with E-state index in [4.69, 9.17) is 5.11 Å².